The molecular weight excluding hydrogens is 258 g/mol. The molecule has 0 amide bonds. The van der Waals surface area contributed by atoms with Gasteiger partial charge >= 0.3 is 0 Å². The van der Waals surface area contributed by atoms with E-state index in [1.165, 1.54) is 0 Å². The van der Waals surface area contributed by atoms with Gasteiger partial charge < -0.3 is 9.84 Å². The van der Waals surface area contributed by atoms with Crippen LogP contribution in [-0.4, -0.2) is 28.8 Å². The minimum atomic E-state index is -1.13. The Bertz CT molecular complexity index is 424. The molecule has 2 rings (SSSR count). The summed E-state index contributed by atoms with van der Waals surface area (Å²) < 4.78 is 4.98. The Labute approximate surface area is 109 Å². The van der Waals surface area contributed by atoms with Crippen LogP contribution in [0.5, 0.6) is 0 Å². The summed E-state index contributed by atoms with van der Waals surface area (Å²) in [5, 5.41) is 10.6. The lowest BCUT2D eigenvalue weighted by Crippen LogP contribution is -2.45. The van der Waals surface area contributed by atoms with E-state index in [-0.39, 0.29) is 6.42 Å². The number of halogens is 1. The van der Waals surface area contributed by atoms with Crippen molar-refractivity contribution < 1.29 is 14.6 Å². The molecule has 0 bridgehead atoms. The highest BCUT2D eigenvalue weighted by atomic mass is 35.5. The summed E-state index contributed by atoms with van der Waals surface area (Å²) >= 11 is 6.01. The third kappa shape index (κ3) is 2.97. The van der Waals surface area contributed by atoms with Crippen LogP contribution in [-0.2, 0) is 9.53 Å². The summed E-state index contributed by atoms with van der Waals surface area (Å²) in [6.45, 7) is 0.974. The molecule has 2 atom stereocenters. The van der Waals surface area contributed by atoms with Crippen molar-refractivity contribution in [1.29, 1.82) is 0 Å². The number of nitrogens with zero attached hydrogens (tertiary/aromatic N) is 1. The minimum absolute atomic E-state index is 0.176. The Morgan fingerprint density at radius 3 is 3.17 bits per heavy atom. The summed E-state index contributed by atoms with van der Waals surface area (Å²) in [5.41, 5.74) is 4.89. The second kappa shape index (κ2) is 5.62. The highest BCUT2D eigenvalue weighted by molar-refractivity contribution is 6.31. The first-order valence-corrected chi connectivity index (χ1v) is 5.94. The van der Waals surface area contributed by atoms with Crippen LogP contribution < -0.4 is 10.9 Å². The number of hydrogen-bond donors (Lipinski definition) is 3. The van der Waals surface area contributed by atoms with E-state index in [9.17, 15) is 9.90 Å². The Balaban J connectivity index is 2.18. The standard InChI is InChI=1S/C11H14ClN3O3/c12-8-2-1-4-13-10(8)9(18-7-16)6-11(17)3-5-14-15-11/h1-2,4,7,9,14-15,17H,3,5-6H2. The average Bonchev–Trinajstić information content (AvgIpc) is 2.76. The summed E-state index contributed by atoms with van der Waals surface area (Å²) in [5.74, 6) is 0. The number of nitrogens with one attached hydrogen (secondary N) is 2. The first-order chi connectivity index (χ1) is 8.64. The second-order valence-electron chi connectivity index (χ2n) is 4.13. The Morgan fingerprint density at radius 1 is 1.72 bits per heavy atom. The van der Waals surface area contributed by atoms with Gasteiger partial charge in [0.2, 0.25) is 0 Å². The molecule has 3 N–H and O–H groups in total. The van der Waals surface area contributed by atoms with E-state index in [1.54, 1.807) is 18.3 Å². The Morgan fingerprint density at radius 2 is 2.56 bits per heavy atom. The quantitative estimate of drug-likeness (QED) is 0.678. The smallest absolute Gasteiger partial charge is 0.293 e. The molecule has 18 heavy (non-hydrogen) atoms. The van der Waals surface area contributed by atoms with Gasteiger partial charge in [0, 0.05) is 25.6 Å². The van der Waals surface area contributed by atoms with Gasteiger partial charge in [0.05, 0.1) is 10.7 Å². The number of carbonyl (C=O) groups excluding carboxylic acids is 1. The highest BCUT2D eigenvalue weighted by Crippen LogP contribution is 2.31. The first-order valence-electron chi connectivity index (χ1n) is 5.56. The maximum absolute atomic E-state index is 10.6. The molecule has 6 nitrogen and oxygen atoms in total. The number of pyridine rings is 1. The molecule has 1 aromatic rings. The molecule has 2 unspecified atom stereocenters. The Hall–Kier alpha value is -1.21. The monoisotopic (exact) mass is 271 g/mol. The van der Waals surface area contributed by atoms with Crippen LogP contribution in [0, 0.1) is 0 Å². The number of aromatic nitrogens is 1. The fourth-order valence-electron chi connectivity index (χ4n) is 1.93. The van der Waals surface area contributed by atoms with Gasteiger partial charge in [0.25, 0.3) is 6.47 Å². The molecule has 0 aromatic carbocycles. The molecule has 1 aliphatic rings. The first kappa shape index (κ1) is 13.2. The van der Waals surface area contributed by atoms with Gasteiger partial charge in [-0.05, 0) is 12.1 Å². The Kier molecular flexibility index (Phi) is 4.13. The van der Waals surface area contributed by atoms with E-state index < -0.39 is 11.8 Å². The summed E-state index contributed by atoms with van der Waals surface area (Å²) in [6.07, 6.45) is 1.56. The van der Waals surface area contributed by atoms with Crippen molar-refractivity contribution in [2.45, 2.75) is 24.7 Å². The highest BCUT2D eigenvalue weighted by Gasteiger charge is 2.36. The van der Waals surface area contributed by atoms with E-state index in [2.05, 4.69) is 15.8 Å². The lowest BCUT2D eigenvalue weighted by Gasteiger charge is -2.26. The molecule has 7 heteroatoms. The molecular formula is C11H14ClN3O3. The fraction of sp³-hybridized carbons (Fsp3) is 0.455. The van der Waals surface area contributed by atoms with Gasteiger partial charge in [0.15, 0.2) is 0 Å². The van der Waals surface area contributed by atoms with Crippen molar-refractivity contribution in [3.8, 4) is 0 Å². The molecule has 1 aliphatic heterocycles. The van der Waals surface area contributed by atoms with Crippen molar-refractivity contribution in [3.63, 3.8) is 0 Å². The molecule has 98 valence electrons. The van der Waals surface area contributed by atoms with Gasteiger partial charge in [-0.1, -0.05) is 11.6 Å². The van der Waals surface area contributed by atoms with Crippen LogP contribution in [0.25, 0.3) is 0 Å². The molecule has 0 saturated carbocycles. The zero-order valence-corrected chi connectivity index (χ0v) is 10.4. The SMILES string of the molecule is O=COC(CC1(O)CCNN1)c1ncccc1Cl. The van der Waals surface area contributed by atoms with Crippen molar-refractivity contribution in [3.05, 3.63) is 29.0 Å². The van der Waals surface area contributed by atoms with Gasteiger partial charge in [-0.2, -0.15) is 0 Å². The van der Waals surface area contributed by atoms with Crippen molar-refractivity contribution in [2.24, 2.45) is 0 Å². The van der Waals surface area contributed by atoms with Crippen molar-refractivity contribution >= 4 is 18.1 Å². The van der Waals surface area contributed by atoms with Crippen molar-refractivity contribution in [2.75, 3.05) is 6.54 Å². The number of rotatable bonds is 5. The zero-order chi connectivity index (χ0) is 13.0. The van der Waals surface area contributed by atoms with Crippen molar-refractivity contribution in [1.82, 2.24) is 15.8 Å². The summed E-state index contributed by atoms with van der Waals surface area (Å²) in [6, 6.07) is 3.35. The van der Waals surface area contributed by atoms with Gasteiger partial charge in [-0.15, -0.1) is 0 Å². The summed E-state index contributed by atoms with van der Waals surface area (Å²) in [7, 11) is 0. The molecule has 1 saturated heterocycles. The van der Waals surface area contributed by atoms with Crippen LogP contribution in [0.4, 0.5) is 0 Å². The van der Waals surface area contributed by atoms with Crippen LogP contribution in [0.1, 0.15) is 24.6 Å². The molecule has 0 aliphatic carbocycles. The molecule has 0 radical (unpaired) electrons. The van der Waals surface area contributed by atoms with Gasteiger partial charge in [0.1, 0.15) is 11.8 Å². The number of hydrogen-bond acceptors (Lipinski definition) is 6. The van der Waals surface area contributed by atoms with E-state index in [0.717, 1.165) is 0 Å². The zero-order valence-electron chi connectivity index (χ0n) is 9.60. The maximum Gasteiger partial charge on any atom is 0.293 e. The van der Waals surface area contributed by atoms with Crippen LogP contribution in [0.3, 0.4) is 0 Å². The van der Waals surface area contributed by atoms with E-state index in [4.69, 9.17) is 16.3 Å². The third-order valence-corrected chi connectivity index (χ3v) is 3.14. The molecule has 1 fully saturated rings. The third-order valence-electron chi connectivity index (χ3n) is 2.82. The van der Waals surface area contributed by atoms with Gasteiger partial charge in [-0.3, -0.25) is 15.2 Å². The van der Waals surface area contributed by atoms with E-state index >= 15 is 0 Å². The van der Waals surface area contributed by atoms with E-state index in [1.807, 2.05) is 0 Å². The van der Waals surface area contributed by atoms with E-state index in [0.29, 0.717) is 30.2 Å². The number of hydrazine groups is 1. The lowest BCUT2D eigenvalue weighted by molar-refractivity contribution is -0.138. The minimum Gasteiger partial charge on any atom is -0.458 e. The number of carbonyl (C=O) groups is 1. The predicted octanol–water partition coefficient (Wildman–Crippen LogP) is 0.526. The second-order valence-corrected chi connectivity index (χ2v) is 4.54. The number of aliphatic hydroxyl groups is 1. The molecule has 0 spiro atoms. The van der Waals surface area contributed by atoms with Crippen LogP contribution >= 0.6 is 11.6 Å². The fourth-order valence-corrected chi connectivity index (χ4v) is 2.17. The van der Waals surface area contributed by atoms with Gasteiger partial charge in [-0.25, -0.2) is 5.43 Å². The normalized spacial score (nSPS) is 24.8. The topological polar surface area (TPSA) is 83.5 Å². The molecule has 2 heterocycles. The maximum atomic E-state index is 10.6. The predicted molar refractivity (Wildman–Crippen MR) is 64.5 cm³/mol. The lowest BCUT2D eigenvalue weighted by atomic mass is 10.0. The summed E-state index contributed by atoms with van der Waals surface area (Å²) in [4.78, 5) is 14.7. The molecule has 1 aromatic heterocycles. The van der Waals surface area contributed by atoms with Crippen LogP contribution in [0.15, 0.2) is 18.3 Å². The largest absolute Gasteiger partial charge is 0.458 e. The number of ether oxygens (including phenoxy) is 1. The van der Waals surface area contributed by atoms with Crippen LogP contribution in [0.2, 0.25) is 5.02 Å². The average molecular weight is 272 g/mol.